The third-order valence-corrected chi connectivity index (χ3v) is 7.84. The lowest BCUT2D eigenvalue weighted by Crippen LogP contribution is -2.30. The van der Waals surface area contributed by atoms with E-state index in [2.05, 4.69) is 0 Å². The number of carbonyl (C=O) groups is 1. The fourth-order valence-electron chi connectivity index (χ4n) is 5.62. The Kier molecular flexibility index (Phi) is 8.57. The number of benzene rings is 5. The van der Waals surface area contributed by atoms with Gasteiger partial charge in [-0.3, -0.25) is 4.90 Å². The van der Waals surface area contributed by atoms with Crippen molar-refractivity contribution in [2.24, 2.45) is 0 Å². The number of nitrogens with zero attached hydrogens (tertiary/aromatic N) is 1. The molecule has 0 bridgehead atoms. The van der Waals surface area contributed by atoms with Crippen LogP contribution in [0.25, 0.3) is 11.1 Å². The zero-order chi connectivity index (χ0) is 30.5. The highest BCUT2D eigenvalue weighted by Crippen LogP contribution is 2.44. The summed E-state index contributed by atoms with van der Waals surface area (Å²) in [5.41, 5.74) is 4.66. The molecule has 5 aromatic carbocycles. The molecule has 0 aromatic heterocycles. The number of phenolic OH excluding ortho intramolecular Hbond substituents is 1. The summed E-state index contributed by atoms with van der Waals surface area (Å²) >= 11 is 0. The maximum Gasteiger partial charge on any atom is 0.415 e. The number of ether oxygens (including phenoxy) is 2. The number of para-hydroxylation sites is 1. The summed E-state index contributed by atoms with van der Waals surface area (Å²) in [6.45, 7) is 0.304. The Bertz CT molecular complexity index is 1710. The zero-order valence-corrected chi connectivity index (χ0v) is 23.9. The van der Waals surface area contributed by atoms with Gasteiger partial charge in [0.25, 0.3) is 0 Å². The highest BCUT2D eigenvalue weighted by molar-refractivity contribution is 5.91. The van der Waals surface area contributed by atoms with Crippen LogP contribution in [0.15, 0.2) is 127 Å². The van der Waals surface area contributed by atoms with E-state index in [4.69, 9.17) is 9.47 Å². The van der Waals surface area contributed by atoms with E-state index in [9.17, 15) is 19.4 Å². The first-order valence-electron chi connectivity index (χ1n) is 14.5. The summed E-state index contributed by atoms with van der Waals surface area (Å²) < 4.78 is 25.9. The monoisotopic (exact) mass is 589 g/mol. The maximum atomic E-state index is 13.5. The van der Waals surface area contributed by atoms with Crippen molar-refractivity contribution in [1.29, 1.82) is 0 Å². The third-order valence-electron chi connectivity index (χ3n) is 7.84. The molecule has 1 aliphatic heterocycles. The summed E-state index contributed by atoms with van der Waals surface area (Å²) in [5, 5.41) is 21.0. The van der Waals surface area contributed by atoms with Crippen LogP contribution in [0.2, 0.25) is 0 Å². The third kappa shape index (κ3) is 6.43. The number of amides is 1. The van der Waals surface area contributed by atoms with Gasteiger partial charge in [0.05, 0.1) is 6.10 Å². The molecule has 1 amide bonds. The van der Waals surface area contributed by atoms with Gasteiger partial charge in [-0.2, -0.15) is 0 Å². The molecule has 6 nitrogen and oxygen atoms in total. The first-order valence-corrected chi connectivity index (χ1v) is 14.5. The molecule has 2 N–H and O–H groups in total. The number of anilines is 1. The number of aliphatic hydroxyl groups excluding tert-OH is 1. The molecule has 0 radical (unpaired) electrons. The van der Waals surface area contributed by atoms with Crippen molar-refractivity contribution >= 4 is 11.8 Å². The molecule has 6 rings (SSSR count). The van der Waals surface area contributed by atoms with Crippen LogP contribution in [0.3, 0.4) is 0 Å². The SMILES string of the molecule is O=C1O[C@H](CC[C@H](O)c2ccc(F)cc2)[C@@H](c2ccc(-c3cccc(O)c3)cc2OCc2ccccc2)N1c1ccccc1. The van der Waals surface area contributed by atoms with Gasteiger partial charge in [-0.05, 0) is 77.6 Å². The summed E-state index contributed by atoms with van der Waals surface area (Å²) in [5.74, 6) is 0.354. The van der Waals surface area contributed by atoms with E-state index >= 15 is 0 Å². The Morgan fingerprint density at radius 2 is 1.52 bits per heavy atom. The minimum Gasteiger partial charge on any atom is -0.508 e. The Balaban J connectivity index is 1.38. The normalized spacial score (nSPS) is 16.9. The van der Waals surface area contributed by atoms with E-state index < -0.39 is 24.3 Å². The molecule has 7 heteroatoms. The van der Waals surface area contributed by atoms with Crippen LogP contribution in [0.1, 0.15) is 41.7 Å². The van der Waals surface area contributed by atoms with Gasteiger partial charge in [-0.15, -0.1) is 0 Å². The molecule has 3 atom stereocenters. The van der Waals surface area contributed by atoms with Gasteiger partial charge in [0.15, 0.2) is 0 Å². The number of hydrogen-bond donors (Lipinski definition) is 2. The number of rotatable bonds is 10. The predicted molar refractivity (Wildman–Crippen MR) is 167 cm³/mol. The Hall–Kier alpha value is -5.14. The number of cyclic esters (lactones) is 1. The first-order chi connectivity index (χ1) is 21.5. The smallest absolute Gasteiger partial charge is 0.415 e. The van der Waals surface area contributed by atoms with E-state index in [0.29, 0.717) is 36.4 Å². The van der Waals surface area contributed by atoms with Gasteiger partial charge in [0.1, 0.15) is 36.1 Å². The van der Waals surface area contributed by atoms with E-state index in [1.165, 1.54) is 12.1 Å². The van der Waals surface area contributed by atoms with Gasteiger partial charge in [-0.1, -0.05) is 84.9 Å². The van der Waals surface area contributed by atoms with E-state index in [-0.39, 0.29) is 11.6 Å². The zero-order valence-electron chi connectivity index (χ0n) is 23.9. The molecule has 1 saturated heterocycles. The van der Waals surface area contributed by atoms with Crippen molar-refractivity contribution in [2.45, 2.75) is 37.7 Å². The molecule has 1 fully saturated rings. The van der Waals surface area contributed by atoms with Crippen LogP contribution in [-0.2, 0) is 11.3 Å². The minimum atomic E-state index is -0.859. The van der Waals surface area contributed by atoms with Gasteiger partial charge < -0.3 is 19.7 Å². The quantitative estimate of drug-likeness (QED) is 0.171. The van der Waals surface area contributed by atoms with Crippen LogP contribution < -0.4 is 9.64 Å². The standard InChI is InChI=1S/C37H32FNO5/c38-29-17-14-26(15-18-29)33(41)20-21-34-36(39(37(42)44-34)30-11-5-2-6-12-30)32-19-16-28(27-10-7-13-31(40)22-27)23-35(32)43-24-25-8-3-1-4-9-25/h1-19,22-23,33-34,36,40-41H,20-21,24H2/t33-,34+,36+/m0/s1. The van der Waals surface area contributed by atoms with E-state index in [1.54, 1.807) is 35.2 Å². The van der Waals surface area contributed by atoms with Crippen LogP contribution in [0.4, 0.5) is 14.9 Å². The maximum absolute atomic E-state index is 13.5. The van der Waals surface area contributed by atoms with Crippen LogP contribution in [0.5, 0.6) is 11.5 Å². The van der Waals surface area contributed by atoms with Crippen LogP contribution >= 0.6 is 0 Å². The molecular weight excluding hydrogens is 557 g/mol. The number of phenols is 1. The lowest BCUT2D eigenvalue weighted by Gasteiger charge is -2.28. The van der Waals surface area contributed by atoms with Crippen molar-refractivity contribution in [3.8, 4) is 22.6 Å². The average molecular weight is 590 g/mol. The van der Waals surface area contributed by atoms with Crippen molar-refractivity contribution in [2.75, 3.05) is 4.90 Å². The lowest BCUT2D eigenvalue weighted by molar-refractivity contribution is 0.100. The summed E-state index contributed by atoms with van der Waals surface area (Å²) in [6, 6.07) is 37.1. The number of hydrogen-bond acceptors (Lipinski definition) is 5. The molecule has 0 saturated carbocycles. The second kappa shape index (κ2) is 13.0. The summed E-state index contributed by atoms with van der Waals surface area (Å²) in [6.07, 6.45) is -1.31. The van der Waals surface area contributed by atoms with Gasteiger partial charge >= 0.3 is 6.09 Å². The predicted octanol–water partition coefficient (Wildman–Crippen LogP) is 8.36. The van der Waals surface area contributed by atoms with Crippen LogP contribution in [0, 0.1) is 5.82 Å². The number of carbonyl (C=O) groups excluding carboxylic acids is 1. The molecule has 0 spiro atoms. The fraction of sp³-hybridized carbons (Fsp3) is 0.162. The van der Waals surface area contributed by atoms with Gasteiger partial charge in [-0.25, -0.2) is 9.18 Å². The Morgan fingerprint density at radius 3 is 2.25 bits per heavy atom. The van der Waals surface area contributed by atoms with Gasteiger partial charge in [0.2, 0.25) is 0 Å². The Labute approximate surface area is 255 Å². The van der Waals surface area contributed by atoms with Crippen molar-refractivity contribution in [1.82, 2.24) is 0 Å². The van der Waals surface area contributed by atoms with Crippen molar-refractivity contribution in [3.05, 3.63) is 150 Å². The van der Waals surface area contributed by atoms with Crippen LogP contribution in [-0.4, -0.2) is 22.4 Å². The highest BCUT2D eigenvalue weighted by atomic mass is 19.1. The highest BCUT2D eigenvalue weighted by Gasteiger charge is 2.45. The summed E-state index contributed by atoms with van der Waals surface area (Å²) in [4.78, 5) is 15.1. The lowest BCUT2D eigenvalue weighted by atomic mass is 9.92. The summed E-state index contributed by atoms with van der Waals surface area (Å²) in [7, 11) is 0. The second-order valence-electron chi connectivity index (χ2n) is 10.8. The number of aromatic hydroxyl groups is 1. The molecular formula is C37H32FNO5. The molecule has 1 aliphatic rings. The van der Waals surface area contributed by atoms with Crippen molar-refractivity contribution in [3.63, 3.8) is 0 Å². The molecule has 5 aromatic rings. The number of aliphatic hydroxyl groups is 1. The molecule has 1 heterocycles. The molecule has 44 heavy (non-hydrogen) atoms. The average Bonchev–Trinajstić information content (AvgIpc) is 3.39. The Morgan fingerprint density at radius 1 is 0.818 bits per heavy atom. The first kappa shape index (κ1) is 29.0. The largest absolute Gasteiger partial charge is 0.508 e. The molecule has 0 aliphatic carbocycles. The van der Waals surface area contributed by atoms with E-state index in [0.717, 1.165) is 22.3 Å². The molecule has 0 unspecified atom stereocenters. The number of halogens is 1. The molecule has 222 valence electrons. The fourth-order valence-corrected chi connectivity index (χ4v) is 5.62. The minimum absolute atomic E-state index is 0.156. The van der Waals surface area contributed by atoms with E-state index in [1.807, 2.05) is 84.9 Å². The van der Waals surface area contributed by atoms with Crippen molar-refractivity contribution < 1.29 is 28.9 Å². The second-order valence-corrected chi connectivity index (χ2v) is 10.8. The van der Waals surface area contributed by atoms with Gasteiger partial charge in [0, 0.05) is 11.3 Å². The topological polar surface area (TPSA) is 79.2 Å².